The smallest absolute Gasteiger partial charge is 0.261 e. The molecule has 3 aromatic rings. The molecule has 1 aliphatic heterocycles. The predicted octanol–water partition coefficient (Wildman–Crippen LogP) is 3.96. The molecular formula is C21H20N2O3. The van der Waals surface area contributed by atoms with Crippen molar-refractivity contribution in [3.63, 3.8) is 0 Å². The van der Waals surface area contributed by atoms with Crippen molar-refractivity contribution < 1.29 is 14.0 Å². The van der Waals surface area contributed by atoms with Gasteiger partial charge in [-0.1, -0.05) is 39.0 Å². The van der Waals surface area contributed by atoms with Crippen molar-refractivity contribution in [3.05, 3.63) is 65.0 Å². The Hall–Kier alpha value is -2.95. The zero-order chi connectivity index (χ0) is 18.5. The highest BCUT2D eigenvalue weighted by Gasteiger charge is 2.34. The van der Waals surface area contributed by atoms with Crippen LogP contribution in [0.4, 0.5) is 0 Å². The Morgan fingerprint density at radius 1 is 1.00 bits per heavy atom. The van der Waals surface area contributed by atoms with Crippen LogP contribution in [-0.2, 0) is 11.8 Å². The zero-order valence-corrected chi connectivity index (χ0v) is 15.1. The van der Waals surface area contributed by atoms with Gasteiger partial charge in [0.1, 0.15) is 5.52 Å². The Morgan fingerprint density at radius 3 is 2.27 bits per heavy atom. The number of nitrogens with zero attached hydrogens (tertiary/aromatic N) is 2. The summed E-state index contributed by atoms with van der Waals surface area (Å²) in [6.07, 6.45) is 0.394. The number of carbonyl (C=O) groups is 2. The second-order valence-corrected chi connectivity index (χ2v) is 7.60. The number of carbonyl (C=O) groups excluding carboxylic acids is 2. The molecule has 4 rings (SSSR count). The number of oxazole rings is 1. The van der Waals surface area contributed by atoms with Crippen LogP contribution < -0.4 is 0 Å². The van der Waals surface area contributed by atoms with Crippen molar-refractivity contribution in [2.45, 2.75) is 32.6 Å². The van der Waals surface area contributed by atoms with E-state index in [0.29, 0.717) is 23.4 Å². The Kier molecular flexibility index (Phi) is 3.68. The molecule has 0 saturated carbocycles. The normalized spacial score (nSPS) is 14.3. The van der Waals surface area contributed by atoms with Gasteiger partial charge in [0.15, 0.2) is 11.5 Å². The Balaban J connectivity index is 1.54. The molecule has 0 saturated heterocycles. The van der Waals surface area contributed by atoms with Crippen molar-refractivity contribution in [1.82, 2.24) is 9.88 Å². The molecule has 0 spiro atoms. The summed E-state index contributed by atoms with van der Waals surface area (Å²) in [5, 5.41) is 0. The lowest BCUT2D eigenvalue weighted by Gasteiger charge is -2.18. The molecule has 5 nitrogen and oxygen atoms in total. The molecule has 0 N–H and O–H groups in total. The summed E-state index contributed by atoms with van der Waals surface area (Å²) in [7, 11) is 0. The highest BCUT2D eigenvalue weighted by molar-refractivity contribution is 6.21. The number of rotatable bonds is 3. The minimum absolute atomic E-state index is 0.0352. The van der Waals surface area contributed by atoms with Crippen LogP contribution in [0.5, 0.6) is 0 Å². The predicted molar refractivity (Wildman–Crippen MR) is 98.2 cm³/mol. The highest BCUT2D eigenvalue weighted by atomic mass is 16.3. The zero-order valence-electron chi connectivity index (χ0n) is 15.1. The molecule has 0 aliphatic carbocycles. The fourth-order valence-electron chi connectivity index (χ4n) is 3.20. The quantitative estimate of drug-likeness (QED) is 0.672. The fraction of sp³-hybridized carbons (Fsp3) is 0.286. The van der Waals surface area contributed by atoms with Gasteiger partial charge in [0.2, 0.25) is 0 Å². The maximum absolute atomic E-state index is 12.4. The Labute approximate surface area is 151 Å². The van der Waals surface area contributed by atoms with Gasteiger partial charge >= 0.3 is 0 Å². The maximum Gasteiger partial charge on any atom is 0.261 e. The molecule has 2 heterocycles. The summed E-state index contributed by atoms with van der Waals surface area (Å²) in [5.41, 5.74) is 3.66. The lowest BCUT2D eigenvalue weighted by molar-refractivity contribution is 0.0654. The number of amides is 2. The van der Waals surface area contributed by atoms with Gasteiger partial charge < -0.3 is 4.42 Å². The second kappa shape index (κ2) is 5.80. The molecule has 0 fully saturated rings. The minimum Gasteiger partial charge on any atom is -0.441 e. The number of imide groups is 1. The molecule has 0 atom stereocenters. The lowest BCUT2D eigenvalue weighted by Crippen LogP contribution is -2.31. The van der Waals surface area contributed by atoms with Crippen LogP contribution in [0.2, 0.25) is 0 Å². The number of hydrogen-bond acceptors (Lipinski definition) is 4. The summed E-state index contributed by atoms with van der Waals surface area (Å²) in [5.74, 6) is 0.0241. The molecule has 5 heteroatoms. The number of fused-ring (bicyclic) bond motifs is 2. The summed E-state index contributed by atoms with van der Waals surface area (Å²) in [6, 6.07) is 12.9. The Bertz CT molecular complexity index is 992. The van der Waals surface area contributed by atoms with Gasteiger partial charge in [-0.2, -0.15) is 0 Å². The lowest BCUT2D eigenvalue weighted by atomic mass is 9.87. The van der Waals surface area contributed by atoms with Crippen LogP contribution >= 0.6 is 0 Å². The van der Waals surface area contributed by atoms with Gasteiger partial charge in [0, 0.05) is 13.0 Å². The van der Waals surface area contributed by atoms with E-state index >= 15 is 0 Å². The van der Waals surface area contributed by atoms with E-state index in [1.54, 1.807) is 24.3 Å². The molecule has 2 aromatic carbocycles. The van der Waals surface area contributed by atoms with Gasteiger partial charge in [-0.3, -0.25) is 14.5 Å². The molecular weight excluding hydrogens is 328 g/mol. The summed E-state index contributed by atoms with van der Waals surface area (Å²) >= 11 is 0. The van der Waals surface area contributed by atoms with Crippen molar-refractivity contribution in [1.29, 1.82) is 0 Å². The largest absolute Gasteiger partial charge is 0.441 e. The van der Waals surface area contributed by atoms with Crippen molar-refractivity contribution >= 4 is 22.9 Å². The van der Waals surface area contributed by atoms with Gasteiger partial charge in [-0.05, 0) is 35.2 Å². The molecule has 0 radical (unpaired) electrons. The van der Waals surface area contributed by atoms with Gasteiger partial charge in [-0.15, -0.1) is 0 Å². The van der Waals surface area contributed by atoms with Crippen LogP contribution in [0.1, 0.15) is 52.9 Å². The van der Waals surface area contributed by atoms with E-state index < -0.39 is 0 Å². The van der Waals surface area contributed by atoms with E-state index in [1.165, 1.54) is 10.5 Å². The number of benzene rings is 2. The second-order valence-electron chi connectivity index (χ2n) is 7.60. The average molecular weight is 348 g/mol. The molecule has 0 unspecified atom stereocenters. The first-order valence-electron chi connectivity index (χ1n) is 8.70. The molecule has 132 valence electrons. The minimum atomic E-state index is -0.253. The molecule has 1 aliphatic rings. The van der Waals surface area contributed by atoms with E-state index in [0.717, 1.165) is 11.1 Å². The van der Waals surface area contributed by atoms with Gasteiger partial charge in [0.25, 0.3) is 11.8 Å². The molecule has 1 aromatic heterocycles. The van der Waals surface area contributed by atoms with Crippen molar-refractivity contribution in [2.75, 3.05) is 6.54 Å². The summed E-state index contributed by atoms with van der Waals surface area (Å²) in [6.45, 7) is 6.71. The van der Waals surface area contributed by atoms with E-state index in [-0.39, 0.29) is 23.8 Å². The highest BCUT2D eigenvalue weighted by Crippen LogP contribution is 2.27. The number of aromatic nitrogens is 1. The fourth-order valence-corrected chi connectivity index (χ4v) is 3.20. The van der Waals surface area contributed by atoms with Gasteiger partial charge in [-0.25, -0.2) is 4.98 Å². The van der Waals surface area contributed by atoms with Gasteiger partial charge in [0.05, 0.1) is 11.1 Å². The van der Waals surface area contributed by atoms with Crippen LogP contribution in [-0.4, -0.2) is 28.2 Å². The van der Waals surface area contributed by atoms with Crippen LogP contribution in [0.15, 0.2) is 46.9 Å². The molecule has 2 amide bonds. The average Bonchev–Trinajstić information content (AvgIpc) is 3.12. The van der Waals surface area contributed by atoms with Crippen molar-refractivity contribution in [3.8, 4) is 0 Å². The van der Waals surface area contributed by atoms with E-state index in [1.807, 2.05) is 18.2 Å². The molecule has 26 heavy (non-hydrogen) atoms. The van der Waals surface area contributed by atoms with E-state index in [2.05, 4.69) is 25.8 Å². The summed E-state index contributed by atoms with van der Waals surface area (Å²) in [4.78, 5) is 30.6. The van der Waals surface area contributed by atoms with Crippen LogP contribution in [0.3, 0.4) is 0 Å². The first-order valence-corrected chi connectivity index (χ1v) is 8.70. The third-order valence-corrected chi connectivity index (χ3v) is 4.73. The third-order valence-electron chi connectivity index (χ3n) is 4.73. The SMILES string of the molecule is CC(C)(C)c1ccc2oc(CCN3C(=O)c4ccccc4C3=O)nc2c1. The maximum atomic E-state index is 12.4. The van der Waals surface area contributed by atoms with E-state index in [9.17, 15) is 9.59 Å². The first kappa shape index (κ1) is 16.5. The topological polar surface area (TPSA) is 63.4 Å². The number of hydrogen-bond donors (Lipinski definition) is 0. The monoisotopic (exact) mass is 348 g/mol. The standard InChI is InChI=1S/C21H20N2O3/c1-21(2,3)13-8-9-17-16(12-13)22-18(26-17)10-11-23-19(24)14-6-4-5-7-15(14)20(23)25/h4-9,12H,10-11H2,1-3H3. The first-order chi connectivity index (χ1) is 12.3. The molecule has 0 bridgehead atoms. The van der Waals surface area contributed by atoms with Crippen LogP contribution in [0, 0.1) is 0 Å². The Morgan fingerprint density at radius 2 is 1.65 bits per heavy atom. The van der Waals surface area contributed by atoms with Crippen LogP contribution in [0.25, 0.3) is 11.1 Å². The van der Waals surface area contributed by atoms with E-state index in [4.69, 9.17) is 4.42 Å². The third kappa shape index (κ3) is 2.69. The summed E-state index contributed by atoms with van der Waals surface area (Å²) < 4.78 is 5.78. The van der Waals surface area contributed by atoms with Crippen molar-refractivity contribution in [2.24, 2.45) is 0 Å².